The standard InChI is InChI=1S/C13H10BrN3/c14-12-3-1-2-10(6-12)8-17-13-9-16-5-4-11(13)7-15/h1-6,9,17H,8H2. The number of nitriles is 1. The average molecular weight is 288 g/mol. The summed E-state index contributed by atoms with van der Waals surface area (Å²) >= 11 is 3.42. The fraction of sp³-hybridized carbons (Fsp3) is 0.0769. The summed E-state index contributed by atoms with van der Waals surface area (Å²) in [5.41, 5.74) is 2.51. The minimum absolute atomic E-state index is 0.606. The van der Waals surface area contributed by atoms with Gasteiger partial charge in [0.1, 0.15) is 6.07 Å². The third-order valence-electron chi connectivity index (χ3n) is 2.31. The molecule has 0 aliphatic carbocycles. The second kappa shape index (κ2) is 5.46. The van der Waals surface area contributed by atoms with Crippen molar-refractivity contribution in [2.75, 3.05) is 5.32 Å². The van der Waals surface area contributed by atoms with Crippen LogP contribution in [0.2, 0.25) is 0 Å². The number of halogens is 1. The molecule has 0 atom stereocenters. The van der Waals surface area contributed by atoms with Crippen LogP contribution in [0.4, 0.5) is 5.69 Å². The van der Waals surface area contributed by atoms with Gasteiger partial charge in [-0.25, -0.2) is 0 Å². The van der Waals surface area contributed by atoms with Gasteiger partial charge in [0.2, 0.25) is 0 Å². The van der Waals surface area contributed by atoms with Gasteiger partial charge in [-0.1, -0.05) is 28.1 Å². The highest BCUT2D eigenvalue weighted by atomic mass is 79.9. The van der Waals surface area contributed by atoms with Gasteiger partial charge in [0.15, 0.2) is 0 Å². The van der Waals surface area contributed by atoms with Crippen LogP contribution in [0.3, 0.4) is 0 Å². The first-order chi connectivity index (χ1) is 8.29. The maximum atomic E-state index is 8.93. The van der Waals surface area contributed by atoms with Crippen molar-refractivity contribution in [1.82, 2.24) is 4.98 Å². The van der Waals surface area contributed by atoms with Crippen LogP contribution in [0, 0.1) is 11.3 Å². The van der Waals surface area contributed by atoms with Crippen LogP contribution in [0.1, 0.15) is 11.1 Å². The quantitative estimate of drug-likeness (QED) is 0.942. The Morgan fingerprint density at radius 2 is 2.24 bits per heavy atom. The van der Waals surface area contributed by atoms with Gasteiger partial charge in [-0.15, -0.1) is 0 Å². The molecule has 84 valence electrons. The SMILES string of the molecule is N#Cc1ccncc1NCc1cccc(Br)c1. The van der Waals surface area contributed by atoms with Crippen molar-refractivity contribution < 1.29 is 0 Å². The van der Waals surface area contributed by atoms with E-state index in [-0.39, 0.29) is 0 Å². The van der Waals surface area contributed by atoms with Crippen LogP contribution < -0.4 is 5.32 Å². The van der Waals surface area contributed by atoms with Gasteiger partial charge in [0.05, 0.1) is 17.4 Å². The Bertz CT molecular complexity index is 561. The van der Waals surface area contributed by atoms with E-state index in [0.29, 0.717) is 12.1 Å². The monoisotopic (exact) mass is 287 g/mol. The van der Waals surface area contributed by atoms with E-state index in [2.05, 4.69) is 32.3 Å². The van der Waals surface area contributed by atoms with Crippen LogP contribution in [-0.4, -0.2) is 4.98 Å². The molecule has 1 N–H and O–H groups in total. The van der Waals surface area contributed by atoms with Gasteiger partial charge < -0.3 is 5.32 Å². The molecule has 0 aliphatic rings. The van der Waals surface area contributed by atoms with Crippen molar-refractivity contribution in [3.8, 4) is 6.07 Å². The lowest BCUT2D eigenvalue weighted by atomic mass is 10.2. The fourth-order valence-corrected chi connectivity index (χ4v) is 1.92. The minimum Gasteiger partial charge on any atom is -0.379 e. The summed E-state index contributed by atoms with van der Waals surface area (Å²) in [6.07, 6.45) is 3.28. The van der Waals surface area contributed by atoms with Crippen molar-refractivity contribution in [1.29, 1.82) is 5.26 Å². The average Bonchev–Trinajstić information content (AvgIpc) is 2.37. The number of rotatable bonds is 3. The molecule has 2 rings (SSSR count). The molecule has 0 spiro atoms. The maximum Gasteiger partial charge on any atom is 0.101 e. The van der Waals surface area contributed by atoms with Gasteiger partial charge in [0.25, 0.3) is 0 Å². The Balaban J connectivity index is 2.10. The lowest BCUT2D eigenvalue weighted by Crippen LogP contribution is -2.01. The van der Waals surface area contributed by atoms with Crippen molar-refractivity contribution in [2.45, 2.75) is 6.54 Å². The summed E-state index contributed by atoms with van der Waals surface area (Å²) < 4.78 is 1.04. The van der Waals surface area contributed by atoms with Crippen LogP contribution in [-0.2, 0) is 6.54 Å². The normalized spacial score (nSPS) is 9.65. The van der Waals surface area contributed by atoms with E-state index >= 15 is 0 Å². The Morgan fingerprint density at radius 1 is 1.35 bits per heavy atom. The topological polar surface area (TPSA) is 48.7 Å². The maximum absolute atomic E-state index is 8.93. The molecule has 1 heterocycles. The van der Waals surface area contributed by atoms with Gasteiger partial charge in [0, 0.05) is 17.2 Å². The molecule has 0 unspecified atom stereocenters. The minimum atomic E-state index is 0.606. The van der Waals surface area contributed by atoms with E-state index in [1.807, 2.05) is 24.3 Å². The van der Waals surface area contributed by atoms with Crippen molar-refractivity contribution in [3.05, 3.63) is 58.3 Å². The molecule has 0 fully saturated rings. The molecule has 0 radical (unpaired) electrons. The van der Waals surface area contributed by atoms with Crippen LogP contribution in [0.25, 0.3) is 0 Å². The molecule has 2 aromatic rings. The van der Waals surface area contributed by atoms with Crippen molar-refractivity contribution >= 4 is 21.6 Å². The Hall–Kier alpha value is -1.86. The lowest BCUT2D eigenvalue weighted by molar-refractivity contribution is 1.13. The van der Waals surface area contributed by atoms with E-state index < -0.39 is 0 Å². The first-order valence-corrected chi connectivity index (χ1v) is 5.91. The number of aromatic nitrogens is 1. The fourth-order valence-electron chi connectivity index (χ4n) is 1.48. The lowest BCUT2D eigenvalue weighted by Gasteiger charge is -2.07. The number of nitrogens with one attached hydrogen (secondary N) is 1. The van der Waals surface area contributed by atoms with E-state index in [1.165, 1.54) is 0 Å². The van der Waals surface area contributed by atoms with Crippen molar-refractivity contribution in [3.63, 3.8) is 0 Å². The Labute approximate surface area is 108 Å². The third-order valence-corrected chi connectivity index (χ3v) is 2.81. The number of hydrogen-bond donors (Lipinski definition) is 1. The van der Waals surface area contributed by atoms with Crippen LogP contribution in [0.5, 0.6) is 0 Å². The molecule has 0 amide bonds. The van der Waals surface area contributed by atoms with Gasteiger partial charge in [-0.3, -0.25) is 4.98 Å². The number of anilines is 1. The van der Waals surface area contributed by atoms with Crippen LogP contribution >= 0.6 is 15.9 Å². The summed E-state index contributed by atoms with van der Waals surface area (Å²) in [5.74, 6) is 0. The summed E-state index contributed by atoms with van der Waals surface area (Å²) in [4.78, 5) is 4.00. The first-order valence-electron chi connectivity index (χ1n) is 5.12. The second-order valence-electron chi connectivity index (χ2n) is 3.52. The Morgan fingerprint density at radius 3 is 3.00 bits per heavy atom. The number of pyridine rings is 1. The highest BCUT2D eigenvalue weighted by Gasteiger charge is 2.00. The molecular formula is C13H10BrN3. The Kier molecular flexibility index (Phi) is 3.73. The first kappa shape index (κ1) is 11.6. The molecular weight excluding hydrogens is 278 g/mol. The van der Waals surface area contributed by atoms with Gasteiger partial charge in [-0.05, 0) is 23.8 Å². The predicted molar refractivity (Wildman–Crippen MR) is 70.4 cm³/mol. The molecule has 0 saturated carbocycles. The molecule has 17 heavy (non-hydrogen) atoms. The molecule has 0 bridgehead atoms. The van der Waals surface area contributed by atoms with E-state index in [9.17, 15) is 0 Å². The van der Waals surface area contributed by atoms with Gasteiger partial charge in [-0.2, -0.15) is 5.26 Å². The molecule has 1 aromatic carbocycles. The summed E-state index contributed by atoms with van der Waals surface area (Å²) in [5, 5.41) is 12.1. The molecule has 0 aliphatic heterocycles. The van der Waals surface area contributed by atoms with E-state index in [4.69, 9.17) is 5.26 Å². The predicted octanol–water partition coefficient (Wildman–Crippen LogP) is 3.33. The molecule has 0 saturated heterocycles. The molecule has 4 heteroatoms. The second-order valence-corrected chi connectivity index (χ2v) is 4.43. The molecule has 1 aromatic heterocycles. The summed E-state index contributed by atoms with van der Waals surface area (Å²) in [6, 6.07) is 11.9. The zero-order chi connectivity index (χ0) is 12.1. The third kappa shape index (κ3) is 3.05. The zero-order valence-corrected chi connectivity index (χ0v) is 10.6. The van der Waals surface area contributed by atoms with Crippen LogP contribution in [0.15, 0.2) is 47.2 Å². The largest absolute Gasteiger partial charge is 0.379 e. The smallest absolute Gasteiger partial charge is 0.101 e. The number of hydrogen-bond acceptors (Lipinski definition) is 3. The summed E-state index contributed by atoms with van der Waals surface area (Å²) in [7, 11) is 0. The highest BCUT2D eigenvalue weighted by Crippen LogP contribution is 2.15. The van der Waals surface area contributed by atoms with E-state index in [0.717, 1.165) is 15.7 Å². The van der Waals surface area contributed by atoms with Crippen molar-refractivity contribution in [2.24, 2.45) is 0 Å². The number of benzene rings is 1. The highest BCUT2D eigenvalue weighted by molar-refractivity contribution is 9.10. The number of nitrogens with zero attached hydrogens (tertiary/aromatic N) is 2. The van der Waals surface area contributed by atoms with Gasteiger partial charge >= 0.3 is 0 Å². The zero-order valence-electron chi connectivity index (χ0n) is 9.02. The summed E-state index contributed by atoms with van der Waals surface area (Å²) in [6.45, 7) is 0.666. The molecule has 3 nitrogen and oxygen atoms in total. The van der Waals surface area contributed by atoms with E-state index in [1.54, 1.807) is 18.5 Å².